The van der Waals surface area contributed by atoms with E-state index in [4.69, 9.17) is 10.5 Å². The lowest BCUT2D eigenvalue weighted by Gasteiger charge is -2.17. The number of halogens is 1. The third kappa shape index (κ3) is 4.52. The highest BCUT2D eigenvalue weighted by molar-refractivity contribution is 9.10. The standard InChI is InChI=1S/C14H19BrN2O3/c1-4-8(2)17-13(18)9(3)20-14(19)10-5-6-11(15)12(16)7-10/h5-9H,4,16H2,1-3H3,(H,17,18). The molecule has 110 valence electrons. The van der Waals surface area contributed by atoms with Crippen molar-refractivity contribution in [3.63, 3.8) is 0 Å². The van der Waals surface area contributed by atoms with Crippen LogP contribution in [0.5, 0.6) is 0 Å². The van der Waals surface area contributed by atoms with Crippen LogP contribution in [0, 0.1) is 0 Å². The number of carbonyl (C=O) groups excluding carboxylic acids is 2. The molecule has 1 aromatic rings. The Kier molecular flexibility index (Phi) is 6.01. The van der Waals surface area contributed by atoms with Crippen molar-refractivity contribution >= 4 is 33.5 Å². The van der Waals surface area contributed by atoms with Gasteiger partial charge in [-0.3, -0.25) is 4.79 Å². The highest BCUT2D eigenvalue weighted by Gasteiger charge is 2.20. The lowest BCUT2D eigenvalue weighted by atomic mass is 10.2. The van der Waals surface area contributed by atoms with E-state index in [1.807, 2.05) is 13.8 Å². The average molecular weight is 343 g/mol. The van der Waals surface area contributed by atoms with Gasteiger partial charge in [-0.15, -0.1) is 0 Å². The van der Waals surface area contributed by atoms with Gasteiger partial charge in [0.15, 0.2) is 6.10 Å². The average Bonchev–Trinajstić information content (AvgIpc) is 2.41. The van der Waals surface area contributed by atoms with Gasteiger partial charge in [0.2, 0.25) is 0 Å². The van der Waals surface area contributed by atoms with Crippen LogP contribution in [0.4, 0.5) is 5.69 Å². The van der Waals surface area contributed by atoms with Crippen molar-refractivity contribution in [2.75, 3.05) is 5.73 Å². The van der Waals surface area contributed by atoms with Crippen molar-refractivity contribution in [2.24, 2.45) is 0 Å². The van der Waals surface area contributed by atoms with Crippen molar-refractivity contribution in [3.8, 4) is 0 Å². The number of nitrogens with one attached hydrogen (secondary N) is 1. The second-order valence-corrected chi connectivity index (χ2v) is 5.46. The number of hydrogen-bond acceptors (Lipinski definition) is 4. The van der Waals surface area contributed by atoms with Gasteiger partial charge in [0.1, 0.15) is 0 Å². The number of carbonyl (C=O) groups is 2. The Morgan fingerprint density at radius 1 is 1.40 bits per heavy atom. The third-order valence-electron chi connectivity index (χ3n) is 2.89. The predicted octanol–water partition coefficient (Wildman–Crippen LogP) is 2.49. The number of esters is 1. The van der Waals surface area contributed by atoms with Gasteiger partial charge in [0, 0.05) is 16.2 Å². The zero-order chi connectivity index (χ0) is 15.3. The van der Waals surface area contributed by atoms with Crippen LogP contribution in [-0.2, 0) is 9.53 Å². The molecule has 1 aromatic carbocycles. The molecule has 6 heteroatoms. The van der Waals surface area contributed by atoms with E-state index >= 15 is 0 Å². The fourth-order valence-corrected chi connectivity index (χ4v) is 1.66. The summed E-state index contributed by atoms with van der Waals surface area (Å²) in [5.74, 6) is -0.881. The van der Waals surface area contributed by atoms with Gasteiger partial charge in [-0.05, 0) is 54.4 Å². The largest absolute Gasteiger partial charge is 0.449 e. The fourth-order valence-electron chi connectivity index (χ4n) is 1.42. The molecular weight excluding hydrogens is 324 g/mol. The van der Waals surface area contributed by atoms with Gasteiger partial charge in [-0.25, -0.2) is 4.79 Å². The van der Waals surface area contributed by atoms with Gasteiger partial charge in [-0.1, -0.05) is 6.92 Å². The first-order valence-electron chi connectivity index (χ1n) is 6.41. The van der Waals surface area contributed by atoms with Gasteiger partial charge in [0.25, 0.3) is 5.91 Å². The van der Waals surface area contributed by atoms with Crippen LogP contribution in [0.15, 0.2) is 22.7 Å². The maximum Gasteiger partial charge on any atom is 0.338 e. The quantitative estimate of drug-likeness (QED) is 0.636. The van der Waals surface area contributed by atoms with Crippen LogP contribution in [0.3, 0.4) is 0 Å². The molecule has 0 aliphatic carbocycles. The smallest absolute Gasteiger partial charge is 0.338 e. The Morgan fingerprint density at radius 2 is 2.05 bits per heavy atom. The van der Waals surface area contributed by atoms with E-state index in [2.05, 4.69) is 21.2 Å². The first-order chi connectivity index (χ1) is 9.35. The number of rotatable bonds is 5. The Bertz CT molecular complexity index is 505. The highest BCUT2D eigenvalue weighted by atomic mass is 79.9. The molecule has 0 fully saturated rings. The number of anilines is 1. The van der Waals surface area contributed by atoms with Gasteiger partial charge >= 0.3 is 5.97 Å². The summed E-state index contributed by atoms with van der Waals surface area (Å²) < 4.78 is 5.82. The lowest BCUT2D eigenvalue weighted by molar-refractivity contribution is -0.129. The van der Waals surface area contributed by atoms with E-state index in [-0.39, 0.29) is 11.9 Å². The summed E-state index contributed by atoms with van der Waals surface area (Å²) in [6.45, 7) is 5.39. The Morgan fingerprint density at radius 3 is 2.60 bits per heavy atom. The van der Waals surface area contributed by atoms with Crippen LogP contribution in [-0.4, -0.2) is 24.0 Å². The molecule has 0 saturated heterocycles. The van der Waals surface area contributed by atoms with Crippen LogP contribution in [0.25, 0.3) is 0 Å². The van der Waals surface area contributed by atoms with Crippen molar-refractivity contribution in [1.82, 2.24) is 5.32 Å². The molecule has 0 aliphatic heterocycles. The molecule has 0 aromatic heterocycles. The molecule has 0 radical (unpaired) electrons. The summed E-state index contributed by atoms with van der Waals surface area (Å²) in [6.07, 6.45) is -0.0308. The molecule has 2 unspecified atom stereocenters. The molecule has 1 rings (SSSR count). The van der Waals surface area contributed by atoms with E-state index in [0.717, 1.165) is 6.42 Å². The van der Waals surface area contributed by atoms with Crippen molar-refractivity contribution in [1.29, 1.82) is 0 Å². The number of ether oxygens (including phenoxy) is 1. The monoisotopic (exact) mass is 342 g/mol. The van der Waals surface area contributed by atoms with Crippen molar-refractivity contribution in [3.05, 3.63) is 28.2 Å². The summed E-state index contributed by atoms with van der Waals surface area (Å²) >= 11 is 3.25. The minimum atomic E-state index is -0.846. The third-order valence-corrected chi connectivity index (χ3v) is 3.61. The zero-order valence-corrected chi connectivity index (χ0v) is 13.4. The van der Waals surface area contributed by atoms with E-state index in [0.29, 0.717) is 15.7 Å². The Labute approximate surface area is 127 Å². The lowest BCUT2D eigenvalue weighted by Crippen LogP contribution is -2.40. The molecule has 5 nitrogen and oxygen atoms in total. The van der Waals surface area contributed by atoms with Gasteiger partial charge in [0.05, 0.1) is 5.56 Å². The number of nitrogen functional groups attached to an aromatic ring is 1. The normalized spacial score (nSPS) is 13.4. The molecule has 0 bridgehead atoms. The van der Waals surface area contributed by atoms with Crippen molar-refractivity contribution < 1.29 is 14.3 Å². The Balaban J connectivity index is 2.65. The zero-order valence-electron chi connectivity index (χ0n) is 11.8. The molecule has 20 heavy (non-hydrogen) atoms. The van der Waals surface area contributed by atoms with Crippen LogP contribution >= 0.6 is 15.9 Å². The van der Waals surface area contributed by atoms with Gasteiger partial charge < -0.3 is 15.8 Å². The minimum absolute atomic E-state index is 0.0481. The predicted molar refractivity (Wildman–Crippen MR) is 81.3 cm³/mol. The summed E-state index contributed by atoms with van der Waals surface area (Å²) in [6, 6.07) is 4.80. The topological polar surface area (TPSA) is 81.4 Å². The molecule has 0 saturated carbocycles. The first kappa shape index (κ1) is 16.5. The molecule has 0 spiro atoms. The minimum Gasteiger partial charge on any atom is -0.449 e. The van der Waals surface area contributed by atoms with E-state index in [1.165, 1.54) is 13.0 Å². The maximum atomic E-state index is 11.9. The van der Waals surface area contributed by atoms with Crippen LogP contribution in [0.1, 0.15) is 37.6 Å². The number of hydrogen-bond donors (Lipinski definition) is 2. The summed E-state index contributed by atoms with van der Waals surface area (Å²) in [5.41, 5.74) is 6.45. The molecule has 0 heterocycles. The van der Waals surface area contributed by atoms with E-state index in [9.17, 15) is 9.59 Å². The molecular formula is C14H19BrN2O3. The number of nitrogens with two attached hydrogens (primary N) is 1. The highest BCUT2D eigenvalue weighted by Crippen LogP contribution is 2.20. The summed E-state index contributed by atoms with van der Waals surface area (Å²) in [4.78, 5) is 23.7. The Hall–Kier alpha value is -1.56. The number of amides is 1. The summed E-state index contributed by atoms with van der Waals surface area (Å²) in [5, 5.41) is 2.76. The molecule has 3 N–H and O–H groups in total. The molecule has 0 aliphatic rings. The second-order valence-electron chi connectivity index (χ2n) is 4.60. The SMILES string of the molecule is CCC(C)NC(=O)C(C)OC(=O)c1ccc(Br)c(N)c1. The molecule has 2 atom stereocenters. The van der Waals surface area contributed by atoms with Crippen LogP contribution < -0.4 is 11.1 Å². The summed E-state index contributed by atoms with van der Waals surface area (Å²) in [7, 11) is 0. The fraction of sp³-hybridized carbons (Fsp3) is 0.429. The second kappa shape index (κ2) is 7.28. The van der Waals surface area contributed by atoms with E-state index in [1.54, 1.807) is 12.1 Å². The van der Waals surface area contributed by atoms with Gasteiger partial charge in [-0.2, -0.15) is 0 Å². The van der Waals surface area contributed by atoms with Crippen molar-refractivity contribution in [2.45, 2.75) is 39.3 Å². The van der Waals surface area contributed by atoms with Crippen LogP contribution in [0.2, 0.25) is 0 Å². The maximum absolute atomic E-state index is 11.9. The number of benzene rings is 1. The first-order valence-corrected chi connectivity index (χ1v) is 7.20. The van der Waals surface area contributed by atoms with E-state index < -0.39 is 12.1 Å². The molecule has 1 amide bonds.